The lowest BCUT2D eigenvalue weighted by Crippen LogP contribution is -2.23. The van der Waals surface area contributed by atoms with Crippen molar-refractivity contribution in [2.75, 3.05) is 0 Å². The van der Waals surface area contributed by atoms with Crippen molar-refractivity contribution in [2.24, 2.45) is 5.92 Å². The van der Waals surface area contributed by atoms with Gasteiger partial charge in [-0.1, -0.05) is 31.4 Å². The van der Waals surface area contributed by atoms with E-state index in [-0.39, 0.29) is 0 Å². The molecule has 0 saturated heterocycles. The molecule has 2 heteroatoms. The lowest BCUT2D eigenvalue weighted by Gasteiger charge is -2.28. The highest BCUT2D eigenvalue weighted by Gasteiger charge is 2.32. The molecule has 1 aliphatic carbocycles. The summed E-state index contributed by atoms with van der Waals surface area (Å²) in [5, 5.41) is 13.6. The highest BCUT2D eigenvalue weighted by atomic mass is 16.3. The number of nitrogens with one attached hydrogen (secondary N) is 1. The van der Waals surface area contributed by atoms with Gasteiger partial charge in [0.15, 0.2) is 0 Å². The summed E-state index contributed by atoms with van der Waals surface area (Å²) in [6.45, 7) is 0.922. The summed E-state index contributed by atoms with van der Waals surface area (Å²) in [5.74, 6) is 1.21. The number of hydrogen-bond donors (Lipinski definition) is 2. The van der Waals surface area contributed by atoms with Crippen molar-refractivity contribution in [1.82, 2.24) is 5.32 Å². The summed E-state index contributed by atoms with van der Waals surface area (Å²) in [7, 11) is 0. The summed E-state index contributed by atoms with van der Waals surface area (Å²) in [6, 6.07) is 6.29. The molecule has 2 aliphatic rings. The minimum Gasteiger partial charge on any atom is -0.508 e. The Balaban J connectivity index is 1.89. The first kappa shape index (κ1) is 10.2. The van der Waals surface area contributed by atoms with E-state index in [1.54, 1.807) is 0 Å². The summed E-state index contributed by atoms with van der Waals surface area (Å²) in [6.07, 6.45) is 6.71. The molecule has 1 fully saturated rings. The molecule has 16 heavy (non-hydrogen) atoms. The molecule has 0 bridgehead atoms. The van der Waals surface area contributed by atoms with Crippen LogP contribution in [0, 0.1) is 5.92 Å². The van der Waals surface area contributed by atoms with E-state index in [9.17, 15) is 5.11 Å². The summed E-state index contributed by atoms with van der Waals surface area (Å²) in [4.78, 5) is 0. The molecule has 3 rings (SSSR count). The number of hydrogen-bond acceptors (Lipinski definition) is 2. The standard InChI is InChI=1S/C14H19NO/c16-12-8-4-7-11-9-15-14(13(11)12)10-5-2-1-3-6-10/h4,7-8,10,14-16H,1-3,5-6,9H2. The maximum Gasteiger partial charge on any atom is 0.120 e. The molecule has 0 radical (unpaired) electrons. The second-order valence-electron chi connectivity index (χ2n) is 5.11. The Morgan fingerprint density at radius 2 is 1.94 bits per heavy atom. The van der Waals surface area contributed by atoms with E-state index in [0.29, 0.717) is 11.8 Å². The van der Waals surface area contributed by atoms with Gasteiger partial charge in [0, 0.05) is 18.2 Å². The van der Waals surface area contributed by atoms with Gasteiger partial charge in [0.2, 0.25) is 0 Å². The Morgan fingerprint density at radius 1 is 1.12 bits per heavy atom. The minimum atomic E-state index is 0.400. The van der Waals surface area contributed by atoms with Crippen molar-refractivity contribution >= 4 is 0 Å². The van der Waals surface area contributed by atoms with Gasteiger partial charge >= 0.3 is 0 Å². The van der Waals surface area contributed by atoms with Crippen LogP contribution in [-0.4, -0.2) is 5.11 Å². The zero-order valence-electron chi connectivity index (χ0n) is 9.58. The highest BCUT2D eigenvalue weighted by Crippen LogP contribution is 2.42. The van der Waals surface area contributed by atoms with Gasteiger partial charge in [0.1, 0.15) is 5.75 Å². The molecule has 1 aromatic rings. The summed E-state index contributed by atoms with van der Waals surface area (Å²) < 4.78 is 0. The maximum absolute atomic E-state index is 9.99. The summed E-state index contributed by atoms with van der Waals surface area (Å²) in [5.41, 5.74) is 2.46. The van der Waals surface area contributed by atoms with Crippen molar-refractivity contribution in [2.45, 2.75) is 44.7 Å². The van der Waals surface area contributed by atoms with Gasteiger partial charge in [-0.2, -0.15) is 0 Å². The molecule has 86 valence electrons. The average molecular weight is 217 g/mol. The van der Waals surface area contributed by atoms with Crippen LogP contribution in [0.15, 0.2) is 18.2 Å². The van der Waals surface area contributed by atoms with Gasteiger partial charge in [-0.25, -0.2) is 0 Å². The van der Waals surface area contributed by atoms with Crippen LogP contribution >= 0.6 is 0 Å². The SMILES string of the molecule is Oc1cccc2c1C(C1CCCCC1)NC2. The van der Waals surface area contributed by atoms with Crippen LogP contribution < -0.4 is 5.32 Å². The number of fused-ring (bicyclic) bond motifs is 1. The molecule has 2 nitrogen and oxygen atoms in total. The highest BCUT2D eigenvalue weighted by molar-refractivity contribution is 5.44. The predicted octanol–water partition coefficient (Wildman–Crippen LogP) is 3.12. The number of aromatic hydroxyl groups is 1. The van der Waals surface area contributed by atoms with E-state index in [0.717, 1.165) is 12.5 Å². The van der Waals surface area contributed by atoms with Gasteiger partial charge in [0.25, 0.3) is 0 Å². The van der Waals surface area contributed by atoms with Crippen molar-refractivity contribution in [3.8, 4) is 5.75 Å². The fourth-order valence-electron chi connectivity index (χ4n) is 3.30. The molecule has 1 saturated carbocycles. The lowest BCUT2D eigenvalue weighted by atomic mass is 9.81. The Morgan fingerprint density at radius 3 is 2.75 bits per heavy atom. The van der Waals surface area contributed by atoms with E-state index in [2.05, 4.69) is 11.4 Å². The fourth-order valence-corrected chi connectivity index (χ4v) is 3.30. The van der Waals surface area contributed by atoms with Crippen molar-refractivity contribution in [1.29, 1.82) is 0 Å². The molecule has 1 aromatic carbocycles. The first-order valence-corrected chi connectivity index (χ1v) is 6.40. The number of phenolic OH excluding ortho intramolecular Hbond substituents is 1. The van der Waals surface area contributed by atoms with E-state index in [1.165, 1.54) is 43.2 Å². The first-order chi connectivity index (χ1) is 7.86. The van der Waals surface area contributed by atoms with Crippen LogP contribution in [0.25, 0.3) is 0 Å². The fraction of sp³-hybridized carbons (Fsp3) is 0.571. The third kappa shape index (κ3) is 1.61. The third-order valence-corrected chi connectivity index (χ3v) is 4.12. The maximum atomic E-state index is 9.99. The molecule has 1 heterocycles. The minimum absolute atomic E-state index is 0.400. The van der Waals surface area contributed by atoms with Crippen LogP contribution in [-0.2, 0) is 6.54 Å². The molecule has 0 aromatic heterocycles. The normalized spacial score (nSPS) is 25.6. The topological polar surface area (TPSA) is 32.3 Å². The largest absolute Gasteiger partial charge is 0.508 e. The average Bonchev–Trinajstić information content (AvgIpc) is 2.75. The lowest BCUT2D eigenvalue weighted by molar-refractivity contribution is 0.278. The van der Waals surface area contributed by atoms with Gasteiger partial charge in [-0.15, -0.1) is 0 Å². The van der Waals surface area contributed by atoms with Gasteiger partial charge in [0.05, 0.1) is 0 Å². The molecule has 2 N–H and O–H groups in total. The smallest absolute Gasteiger partial charge is 0.120 e. The Kier molecular flexibility index (Phi) is 2.60. The van der Waals surface area contributed by atoms with Gasteiger partial charge in [-0.05, 0) is 30.4 Å². The number of phenols is 1. The van der Waals surface area contributed by atoms with E-state index < -0.39 is 0 Å². The molecule has 0 amide bonds. The van der Waals surface area contributed by atoms with Crippen LogP contribution in [0.5, 0.6) is 5.75 Å². The molecule has 1 aliphatic heterocycles. The Bertz CT molecular complexity index is 382. The quantitative estimate of drug-likeness (QED) is 0.757. The van der Waals surface area contributed by atoms with E-state index >= 15 is 0 Å². The molecule has 1 unspecified atom stereocenters. The molecular weight excluding hydrogens is 198 g/mol. The van der Waals surface area contributed by atoms with E-state index in [4.69, 9.17) is 0 Å². The number of benzene rings is 1. The van der Waals surface area contributed by atoms with Gasteiger partial charge in [-0.3, -0.25) is 0 Å². The van der Waals surface area contributed by atoms with Crippen LogP contribution in [0.2, 0.25) is 0 Å². The zero-order valence-corrected chi connectivity index (χ0v) is 9.58. The van der Waals surface area contributed by atoms with Gasteiger partial charge < -0.3 is 10.4 Å². The number of rotatable bonds is 1. The molecule has 1 atom stereocenters. The van der Waals surface area contributed by atoms with Crippen molar-refractivity contribution < 1.29 is 5.11 Å². The second kappa shape index (κ2) is 4.10. The second-order valence-corrected chi connectivity index (χ2v) is 5.11. The zero-order chi connectivity index (χ0) is 11.0. The van der Waals surface area contributed by atoms with Crippen molar-refractivity contribution in [3.63, 3.8) is 0 Å². The van der Waals surface area contributed by atoms with Crippen LogP contribution in [0.3, 0.4) is 0 Å². The van der Waals surface area contributed by atoms with Crippen LogP contribution in [0.4, 0.5) is 0 Å². The Hall–Kier alpha value is -1.02. The van der Waals surface area contributed by atoms with Crippen molar-refractivity contribution in [3.05, 3.63) is 29.3 Å². The molecular formula is C14H19NO. The third-order valence-electron chi connectivity index (χ3n) is 4.12. The van der Waals surface area contributed by atoms with E-state index in [1.807, 2.05) is 12.1 Å². The first-order valence-electron chi connectivity index (χ1n) is 6.40. The van der Waals surface area contributed by atoms with Crippen LogP contribution in [0.1, 0.15) is 49.3 Å². The monoisotopic (exact) mass is 217 g/mol. The Labute approximate surface area is 96.7 Å². The predicted molar refractivity (Wildman–Crippen MR) is 64.3 cm³/mol. The molecule has 0 spiro atoms. The summed E-state index contributed by atoms with van der Waals surface area (Å²) >= 11 is 0.